The fraction of sp³-hybridized carbons (Fsp3) is 0.227. The van der Waals surface area contributed by atoms with Crippen molar-refractivity contribution in [3.8, 4) is 35.1 Å². The molecule has 136 valence electrons. The van der Waals surface area contributed by atoms with Crippen LogP contribution in [-0.4, -0.2) is 24.6 Å². The average Bonchev–Trinajstić information content (AvgIpc) is 3.22. The van der Waals surface area contributed by atoms with Crippen LogP contribution in [-0.2, 0) is 4.79 Å². The molecule has 1 aliphatic heterocycles. The highest BCUT2D eigenvalue weighted by atomic mass is 16.5. The number of amides is 1. The van der Waals surface area contributed by atoms with Crippen LogP contribution in [0, 0.1) is 12.3 Å². The van der Waals surface area contributed by atoms with Gasteiger partial charge in [-0.2, -0.15) is 0 Å². The van der Waals surface area contributed by atoms with Crippen LogP contribution in [0.1, 0.15) is 24.8 Å². The van der Waals surface area contributed by atoms with Gasteiger partial charge in [-0.3, -0.25) is 4.79 Å². The zero-order valence-corrected chi connectivity index (χ0v) is 15.3. The SMILES string of the molecule is C#CCOc1ccc(-c2cc3cc4c(cc3[nH]2)NC(=O)C4CC)c(OC)c1. The topological polar surface area (TPSA) is 63.3 Å². The van der Waals surface area contributed by atoms with Crippen molar-refractivity contribution >= 4 is 22.5 Å². The van der Waals surface area contributed by atoms with Gasteiger partial charge in [-0.25, -0.2) is 0 Å². The van der Waals surface area contributed by atoms with E-state index in [9.17, 15) is 4.79 Å². The average molecular weight is 360 g/mol. The lowest BCUT2D eigenvalue weighted by Crippen LogP contribution is -2.10. The molecule has 0 saturated carbocycles. The van der Waals surface area contributed by atoms with Crippen molar-refractivity contribution < 1.29 is 14.3 Å². The molecule has 0 fully saturated rings. The van der Waals surface area contributed by atoms with Gasteiger partial charge in [-0.05, 0) is 42.3 Å². The van der Waals surface area contributed by atoms with Crippen LogP contribution >= 0.6 is 0 Å². The summed E-state index contributed by atoms with van der Waals surface area (Å²) in [7, 11) is 1.63. The van der Waals surface area contributed by atoms with Crippen molar-refractivity contribution in [2.45, 2.75) is 19.3 Å². The van der Waals surface area contributed by atoms with Crippen LogP contribution < -0.4 is 14.8 Å². The van der Waals surface area contributed by atoms with Crippen LogP contribution in [0.3, 0.4) is 0 Å². The molecule has 2 N–H and O–H groups in total. The van der Waals surface area contributed by atoms with Gasteiger partial charge in [0.2, 0.25) is 5.91 Å². The zero-order chi connectivity index (χ0) is 19.0. The van der Waals surface area contributed by atoms with Gasteiger partial charge in [0.1, 0.15) is 18.1 Å². The van der Waals surface area contributed by atoms with Gasteiger partial charge in [-0.15, -0.1) is 6.42 Å². The van der Waals surface area contributed by atoms with E-state index in [-0.39, 0.29) is 18.4 Å². The molecule has 2 aromatic carbocycles. The van der Waals surface area contributed by atoms with Crippen molar-refractivity contribution in [2.75, 3.05) is 19.0 Å². The van der Waals surface area contributed by atoms with Gasteiger partial charge in [0.15, 0.2) is 0 Å². The van der Waals surface area contributed by atoms with Gasteiger partial charge >= 0.3 is 0 Å². The first-order chi connectivity index (χ1) is 13.1. The lowest BCUT2D eigenvalue weighted by Gasteiger charge is -2.09. The van der Waals surface area contributed by atoms with E-state index in [1.54, 1.807) is 7.11 Å². The summed E-state index contributed by atoms with van der Waals surface area (Å²) in [5, 5.41) is 4.04. The standard InChI is InChI=1S/C22H20N2O3/c1-4-8-27-14-6-7-16(21(11-14)26-3)19-10-13-9-17-15(5-2)22(25)24-20(17)12-18(13)23-19/h1,6-7,9-12,15,23H,5,8H2,2-3H3,(H,24,25). The van der Waals surface area contributed by atoms with Gasteiger partial charge < -0.3 is 19.8 Å². The molecule has 1 unspecified atom stereocenters. The highest BCUT2D eigenvalue weighted by Crippen LogP contribution is 2.40. The predicted octanol–water partition coefficient (Wildman–Crippen LogP) is 4.30. The summed E-state index contributed by atoms with van der Waals surface area (Å²) in [5.41, 5.74) is 4.78. The maximum atomic E-state index is 12.1. The highest BCUT2D eigenvalue weighted by Gasteiger charge is 2.29. The second kappa shape index (κ2) is 6.73. The van der Waals surface area contributed by atoms with Gasteiger partial charge in [0, 0.05) is 28.2 Å². The molecule has 0 bridgehead atoms. The summed E-state index contributed by atoms with van der Waals surface area (Å²) >= 11 is 0. The van der Waals surface area contributed by atoms with E-state index in [4.69, 9.17) is 15.9 Å². The first-order valence-corrected chi connectivity index (χ1v) is 8.86. The maximum Gasteiger partial charge on any atom is 0.231 e. The van der Waals surface area contributed by atoms with E-state index in [2.05, 4.69) is 28.4 Å². The summed E-state index contributed by atoms with van der Waals surface area (Å²) in [4.78, 5) is 15.5. The minimum absolute atomic E-state index is 0.0737. The van der Waals surface area contributed by atoms with Crippen LogP contribution in [0.25, 0.3) is 22.2 Å². The number of terminal acetylenes is 1. The smallest absolute Gasteiger partial charge is 0.231 e. The molecular formula is C22H20N2O3. The molecule has 1 aliphatic rings. The van der Waals surface area contributed by atoms with Gasteiger partial charge in [0.05, 0.1) is 18.7 Å². The van der Waals surface area contributed by atoms with E-state index in [1.807, 2.05) is 31.2 Å². The molecule has 1 aromatic heterocycles. The number of aromatic nitrogens is 1. The molecule has 1 atom stereocenters. The molecule has 0 spiro atoms. The van der Waals surface area contributed by atoms with Crippen molar-refractivity contribution in [3.63, 3.8) is 0 Å². The number of carbonyl (C=O) groups excluding carboxylic acids is 1. The number of hydrogen-bond donors (Lipinski definition) is 2. The molecule has 2 heterocycles. The predicted molar refractivity (Wildman–Crippen MR) is 106 cm³/mol. The van der Waals surface area contributed by atoms with Crippen LogP contribution in [0.4, 0.5) is 5.69 Å². The number of rotatable bonds is 5. The van der Waals surface area contributed by atoms with Crippen molar-refractivity contribution in [3.05, 3.63) is 42.0 Å². The number of methoxy groups -OCH3 is 1. The molecule has 5 nitrogen and oxygen atoms in total. The Balaban J connectivity index is 1.75. The van der Waals surface area contributed by atoms with Crippen LogP contribution in [0.15, 0.2) is 36.4 Å². The first-order valence-electron chi connectivity index (χ1n) is 8.86. The molecule has 5 heteroatoms. The van der Waals surface area contributed by atoms with E-state index in [0.29, 0.717) is 11.5 Å². The van der Waals surface area contributed by atoms with Crippen molar-refractivity contribution in [1.29, 1.82) is 0 Å². The second-order valence-corrected chi connectivity index (χ2v) is 6.51. The maximum absolute atomic E-state index is 12.1. The lowest BCUT2D eigenvalue weighted by atomic mass is 9.97. The number of nitrogens with one attached hydrogen (secondary N) is 2. The Morgan fingerprint density at radius 1 is 1.22 bits per heavy atom. The molecule has 0 radical (unpaired) electrons. The summed E-state index contributed by atoms with van der Waals surface area (Å²) in [6.45, 7) is 2.24. The first kappa shape index (κ1) is 17.0. The third kappa shape index (κ3) is 2.89. The van der Waals surface area contributed by atoms with Crippen LogP contribution in [0.2, 0.25) is 0 Å². The van der Waals surface area contributed by atoms with Crippen molar-refractivity contribution in [1.82, 2.24) is 4.98 Å². The van der Waals surface area contributed by atoms with Gasteiger partial charge in [-0.1, -0.05) is 12.8 Å². The number of anilines is 1. The monoisotopic (exact) mass is 360 g/mol. The summed E-state index contributed by atoms with van der Waals surface area (Å²) in [6.07, 6.45) is 6.03. The van der Waals surface area contributed by atoms with Crippen molar-refractivity contribution in [2.24, 2.45) is 0 Å². The number of hydrogen-bond acceptors (Lipinski definition) is 3. The quantitative estimate of drug-likeness (QED) is 0.667. The zero-order valence-electron chi connectivity index (χ0n) is 15.3. The van der Waals surface area contributed by atoms with Gasteiger partial charge in [0.25, 0.3) is 0 Å². The minimum Gasteiger partial charge on any atom is -0.496 e. The molecule has 0 saturated heterocycles. The number of H-pyrrole nitrogens is 1. The van der Waals surface area contributed by atoms with E-state index < -0.39 is 0 Å². The Hall–Kier alpha value is -3.39. The molecule has 27 heavy (non-hydrogen) atoms. The highest BCUT2D eigenvalue weighted by molar-refractivity contribution is 6.06. The van der Waals surface area contributed by atoms with E-state index in [1.165, 1.54) is 0 Å². The number of fused-ring (bicyclic) bond motifs is 2. The summed E-state index contributed by atoms with van der Waals surface area (Å²) in [6, 6.07) is 11.8. The Kier molecular flexibility index (Phi) is 4.25. The Bertz CT molecular complexity index is 1080. The number of aromatic amines is 1. The molecular weight excluding hydrogens is 340 g/mol. The molecule has 3 aromatic rings. The van der Waals surface area contributed by atoms with Crippen LogP contribution in [0.5, 0.6) is 11.5 Å². The number of carbonyl (C=O) groups is 1. The Morgan fingerprint density at radius 2 is 2.07 bits per heavy atom. The van der Waals surface area contributed by atoms with E-state index in [0.717, 1.165) is 39.8 Å². The Labute approximate surface area is 157 Å². The number of ether oxygens (including phenoxy) is 2. The molecule has 1 amide bonds. The fourth-order valence-corrected chi connectivity index (χ4v) is 3.62. The Morgan fingerprint density at radius 3 is 2.81 bits per heavy atom. The third-order valence-electron chi connectivity index (χ3n) is 4.93. The normalized spacial score (nSPS) is 15.3. The molecule has 0 aliphatic carbocycles. The minimum atomic E-state index is -0.0788. The second-order valence-electron chi connectivity index (χ2n) is 6.51. The number of benzene rings is 2. The largest absolute Gasteiger partial charge is 0.496 e. The van der Waals surface area contributed by atoms with E-state index >= 15 is 0 Å². The lowest BCUT2D eigenvalue weighted by molar-refractivity contribution is -0.117. The molecule has 4 rings (SSSR count). The fourth-order valence-electron chi connectivity index (χ4n) is 3.62. The summed E-state index contributed by atoms with van der Waals surface area (Å²) in [5.74, 6) is 3.81. The summed E-state index contributed by atoms with van der Waals surface area (Å²) < 4.78 is 11.0. The third-order valence-corrected chi connectivity index (χ3v) is 4.93.